The molecule has 1 aromatic heterocycles. The van der Waals surface area contributed by atoms with Crippen molar-refractivity contribution in [2.24, 2.45) is 17.6 Å². The summed E-state index contributed by atoms with van der Waals surface area (Å²) in [7, 11) is 0. The third-order valence-corrected chi connectivity index (χ3v) is 8.86. The maximum absolute atomic E-state index is 11.4. The van der Waals surface area contributed by atoms with E-state index in [4.69, 9.17) is 10.7 Å². The lowest BCUT2D eigenvalue weighted by molar-refractivity contribution is 0.100. The number of allylic oxidation sites excluding steroid dienone is 1. The molecular formula is C31H38N2OS. The fourth-order valence-electron chi connectivity index (χ4n) is 5.63. The van der Waals surface area contributed by atoms with Crippen molar-refractivity contribution >= 4 is 17.2 Å². The predicted molar refractivity (Wildman–Crippen MR) is 149 cm³/mol. The van der Waals surface area contributed by atoms with Gasteiger partial charge in [0.05, 0.1) is 4.88 Å². The molecule has 0 radical (unpaired) electrons. The Kier molecular flexibility index (Phi) is 7.91. The van der Waals surface area contributed by atoms with Gasteiger partial charge in [0.2, 0.25) is 5.91 Å². The Bertz CT molecular complexity index is 1180. The van der Waals surface area contributed by atoms with E-state index < -0.39 is 5.91 Å². The summed E-state index contributed by atoms with van der Waals surface area (Å²) in [5.74, 6) is 1.03. The minimum Gasteiger partial charge on any atom is -0.366 e. The van der Waals surface area contributed by atoms with E-state index in [0.717, 1.165) is 29.3 Å². The van der Waals surface area contributed by atoms with E-state index in [1.165, 1.54) is 48.1 Å². The van der Waals surface area contributed by atoms with E-state index in [9.17, 15) is 4.79 Å². The van der Waals surface area contributed by atoms with Gasteiger partial charge in [-0.15, -0.1) is 17.9 Å². The molecule has 1 amide bonds. The fraction of sp³-hybridized carbons (Fsp3) is 0.419. The van der Waals surface area contributed by atoms with Crippen molar-refractivity contribution in [1.29, 1.82) is 0 Å². The van der Waals surface area contributed by atoms with Crippen molar-refractivity contribution in [3.63, 3.8) is 0 Å². The standard InChI is InChI=1S/C31H38N2OS/c1-5-7-22-16-17-31(6-2,19-22)27-18-26(15-10-23(27)9-8-21(3)4)28-20-33-30(35-28)25-13-11-24(12-14-25)29(32)34/h5,10-15,18,20-22H,1,6-9,16-17,19H2,2-4H3,(H2,32,34). The Morgan fingerprint density at radius 3 is 2.63 bits per heavy atom. The topological polar surface area (TPSA) is 56.0 Å². The Hall–Kier alpha value is -2.72. The molecule has 3 nitrogen and oxygen atoms in total. The second kappa shape index (κ2) is 10.9. The molecule has 0 saturated heterocycles. The van der Waals surface area contributed by atoms with Gasteiger partial charge in [-0.05, 0) is 97.1 Å². The van der Waals surface area contributed by atoms with Crippen molar-refractivity contribution in [2.45, 2.75) is 71.1 Å². The molecular weight excluding hydrogens is 448 g/mol. The van der Waals surface area contributed by atoms with Gasteiger partial charge >= 0.3 is 0 Å². The first-order valence-electron chi connectivity index (χ1n) is 13.0. The zero-order valence-corrected chi connectivity index (χ0v) is 22.2. The number of nitrogens with two attached hydrogens (primary N) is 1. The number of carbonyl (C=O) groups excluding carboxylic acids is 1. The highest BCUT2D eigenvalue weighted by atomic mass is 32.1. The number of hydrogen-bond acceptors (Lipinski definition) is 3. The van der Waals surface area contributed by atoms with Crippen LogP contribution in [-0.2, 0) is 11.8 Å². The van der Waals surface area contributed by atoms with Gasteiger partial charge in [-0.25, -0.2) is 4.98 Å². The van der Waals surface area contributed by atoms with Crippen LogP contribution >= 0.6 is 11.3 Å². The number of carbonyl (C=O) groups is 1. The first kappa shape index (κ1) is 25.4. The number of primary amides is 1. The molecule has 2 atom stereocenters. The van der Waals surface area contributed by atoms with Gasteiger partial charge in [-0.1, -0.05) is 51.1 Å². The highest BCUT2D eigenvalue weighted by molar-refractivity contribution is 7.18. The minimum atomic E-state index is -0.409. The summed E-state index contributed by atoms with van der Waals surface area (Å²) in [6, 6.07) is 14.5. The molecule has 1 heterocycles. The summed E-state index contributed by atoms with van der Waals surface area (Å²) < 4.78 is 0. The number of aromatic nitrogens is 1. The van der Waals surface area contributed by atoms with Crippen LogP contribution in [0.15, 0.2) is 61.3 Å². The fourth-order valence-corrected chi connectivity index (χ4v) is 6.55. The summed E-state index contributed by atoms with van der Waals surface area (Å²) in [6.07, 6.45) is 12.6. The molecule has 0 aliphatic heterocycles. The lowest BCUT2D eigenvalue weighted by Gasteiger charge is -2.32. The van der Waals surface area contributed by atoms with Gasteiger partial charge in [-0.3, -0.25) is 4.79 Å². The average Bonchev–Trinajstić information content (AvgIpc) is 3.51. The number of aryl methyl sites for hydroxylation is 1. The van der Waals surface area contributed by atoms with Crippen molar-refractivity contribution in [1.82, 2.24) is 4.98 Å². The third kappa shape index (κ3) is 5.59. The zero-order valence-electron chi connectivity index (χ0n) is 21.3. The lowest BCUT2D eigenvalue weighted by atomic mass is 9.72. The van der Waals surface area contributed by atoms with Crippen LogP contribution in [-0.4, -0.2) is 10.9 Å². The van der Waals surface area contributed by atoms with E-state index in [-0.39, 0.29) is 5.41 Å². The lowest BCUT2D eigenvalue weighted by Crippen LogP contribution is -2.24. The van der Waals surface area contributed by atoms with Crippen LogP contribution in [0.3, 0.4) is 0 Å². The van der Waals surface area contributed by atoms with Crippen LogP contribution in [0.1, 0.15) is 80.8 Å². The number of rotatable bonds is 10. The molecule has 2 unspecified atom stereocenters. The molecule has 1 saturated carbocycles. The first-order chi connectivity index (χ1) is 16.8. The van der Waals surface area contributed by atoms with Crippen LogP contribution < -0.4 is 5.73 Å². The van der Waals surface area contributed by atoms with Crippen molar-refractivity contribution < 1.29 is 4.79 Å². The quantitative estimate of drug-likeness (QED) is 0.294. The highest BCUT2D eigenvalue weighted by Crippen LogP contribution is 2.50. The molecule has 184 valence electrons. The SMILES string of the molecule is C=CCC1CCC(CC)(c2cc(-c3cnc(-c4ccc(C(N)=O)cc4)s3)ccc2CCC(C)C)C1. The second-order valence-corrected chi connectivity index (χ2v) is 11.6. The maximum Gasteiger partial charge on any atom is 0.248 e. The average molecular weight is 487 g/mol. The zero-order chi connectivity index (χ0) is 25.0. The molecule has 3 aromatic rings. The van der Waals surface area contributed by atoms with Gasteiger partial charge < -0.3 is 5.73 Å². The number of benzene rings is 2. The van der Waals surface area contributed by atoms with Crippen LogP contribution in [0, 0.1) is 11.8 Å². The first-order valence-corrected chi connectivity index (χ1v) is 13.8. The minimum absolute atomic E-state index is 0.258. The molecule has 1 fully saturated rings. The Labute approximate surface area is 214 Å². The van der Waals surface area contributed by atoms with E-state index in [2.05, 4.69) is 51.6 Å². The van der Waals surface area contributed by atoms with Gasteiger partial charge in [-0.2, -0.15) is 0 Å². The van der Waals surface area contributed by atoms with Gasteiger partial charge in [0.25, 0.3) is 0 Å². The van der Waals surface area contributed by atoms with E-state index in [1.54, 1.807) is 29.0 Å². The van der Waals surface area contributed by atoms with Crippen molar-refractivity contribution in [2.75, 3.05) is 0 Å². The number of nitrogens with zero attached hydrogens (tertiary/aromatic N) is 1. The van der Waals surface area contributed by atoms with E-state index in [0.29, 0.717) is 11.5 Å². The molecule has 0 spiro atoms. The van der Waals surface area contributed by atoms with Crippen molar-refractivity contribution in [3.8, 4) is 21.0 Å². The molecule has 35 heavy (non-hydrogen) atoms. The third-order valence-electron chi connectivity index (χ3n) is 7.77. The molecule has 4 heteroatoms. The smallest absolute Gasteiger partial charge is 0.248 e. The summed E-state index contributed by atoms with van der Waals surface area (Å²) in [6.45, 7) is 11.0. The summed E-state index contributed by atoms with van der Waals surface area (Å²) in [5, 5.41) is 0.957. The summed E-state index contributed by atoms with van der Waals surface area (Å²) >= 11 is 1.70. The monoisotopic (exact) mass is 486 g/mol. The summed E-state index contributed by atoms with van der Waals surface area (Å²) in [4.78, 5) is 17.3. The van der Waals surface area contributed by atoms with Crippen molar-refractivity contribution in [3.05, 3.63) is 78.0 Å². The Balaban J connectivity index is 1.69. The number of thiazole rings is 1. The number of hydrogen-bond donors (Lipinski definition) is 1. The molecule has 4 rings (SSSR count). The Morgan fingerprint density at radius 1 is 1.23 bits per heavy atom. The predicted octanol–water partition coefficient (Wildman–Crippen LogP) is 8.19. The van der Waals surface area contributed by atoms with Crippen LogP contribution in [0.4, 0.5) is 0 Å². The second-order valence-electron chi connectivity index (χ2n) is 10.5. The molecule has 0 bridgehead atoms. The molecule has 1 aliphatic carbocycles. The molecule has 2 aromatic carbocycles. The van der Waals surface area contributed by atoms with E-state index >= 15 is 0 Å². The van der Waals surface area contributed by atoms with Gasteiger partial charge in [0.15, 0.2) is 0 Å². The number of amides is 1. The van der Waals surface area contributed by atoms with Gasteiger partial charge in [0.1, 0.15) is 5.01 Å². The molecule has 1 aliphatic rings. The Morgan fingerprint density at radius 2 is 1.97 bits per heavy atom. The van der Waals surface area contributed by atoms with Crippen LogP contribution in [0.5, 0.6) is 0 Å². The highest BCUT2D eigenvalue weighted by Gasteiger charge is 2.40. The maximum atomic E-state index is 11.4. The van der Waals surface area contributed by atoms with E-state index in [1.807, 2.05) is 18.3 Å². The largest absolute Gasteiger partial charge is 0.366 e. The van der Waals surface area contributed by atoms with Crippen LogP contribution in [0.2, 0.25) is 0 Å². The normalized spacial score (nSPS) is 19.8. The summed E-state index contributed by atoms with van der Waals surface area (Å²) in [5.41, 5.74) is 11.5. The van der Waals surface area contributed by atoms with Crippen LogP contribution in [0.25, 0.3) is 21.0 Å². The van der Waals surface area contributed by atoms with Gasteiger partial charge in [0, 0.05) is 17.3 Å². The molecule has 2 N–H and O–H groups in total.